The van der Waals surface area contributed by atoms with E-state index in [9.17, 15) is 19.4 Å². The minimum absolute atomic E-state index is 0.000450. The Kier molecular flexibility index (Phi) is 15.5. The van der Waals surface area contributed by atoms with E-state index in [-0.39, 0.29) is 76.2 Å². The molecule has 0 radical (unpaired) electrons. The van der Waals surface area contributed by atoms with Crippen LogP contribution < -0.4 is 9.47 Å². The fourth-order valence-corrected chi connectivity index (χ4v) is 10.4. The van der Waals surface area contributed by atoms with Crippen molar-refractivity contribution >= 4 is 22.6 Å². The first-order valence-electron chi connectivity index (χ1n) is 23.4. The third-order valence-electron chi connectivity index (χ3n) is 13.3. The molecule has 1 amide bonds. The summed E-state index contributed by atoms with van der Waals surface area (Å²) >= 11 is 0. The van der Waals surface area contributed by atoms with Crippen LogP contribution in [0.5, 0.6) is 11.5 Å². The number of amides is 1. The molecule has 1 saturated carbocycles. The molecule has 6 unspecified atom stereocenters. The Morgan fingerprint density at radius 1 is 0.894 bits per heavy atom. The van der Waals surface area contributed by atoms with Gasteiger partial charge >= 0.3 is 6.09 Å². The van der Waals surface area contributed by atoms with Crippen molar-refractivity contribution in [2.75, 3.05) is 26.4 Å². The number of unbranched alkanes of at least 4 members (excludes halogenated alkanes) is 2. The maximum absolute atomic E-state index is 14.9. The Bertz CT molecular complexity index is 2490. The van der Waals surface area contributed by atoms with Crippen molar-refractivity contribution in [2.45, 2.75) is 89.4 Å². The maximum atomic E-state index is 14.9. The zero-order valence-corrected chi connectivity index (χ0v) is 37.7. The number of aliphatic hydroxyl groups is 2. The second-order valence-electron chi connectivity index (χ2n) is 17.4. The topological polar surface area (TPSA) is 119 Å². The molecule has 66 heavy (non-hydrogen) atoms. The lowest BCUT2D eigenvalue weighted by Crippen LogP contribution is -2.70. The van der Waals surface area contributed by atoms with Crippen LogP contribution >= 0.6 is 0 Å². The number of hydrogen-bond donors (Lipinski definition) is 2. The number of hydrogen-bond acceptors (Lipinski definition) is 9. The molecule has 1 aliphatic heterocycles. The number of fused-ring (bicyclic) bond motifs is 3. The summed E-state index contributed by atoms with van der Waals surface area (Å²) in [4.78, 5) is 22.8. The summed E-state index contributed by atoms with van der Waals surface area (Å²) in [5.41, 5.74) is 4.82. The highest BCUT2D eigenvalue weighted by Gasteiger charge is 2.65. The second kappa shape index (κ2) is 22.0. The standard InChI is InChI=1S/C55H61FN2O8/c1-3-31-64-55-51(58(54(61)62-4-2)35-41-23-16-22-39-19-8-10-24-44(39)41)34-49(57-65-36-38-17-6-5-7-18-38)46-32-40(20-12-14-29-59)45(25-13-15-30-60)52(53(46)55)47-33-43(27-28-50(47)66-55)63-37-42-21-9-11-26-48(42)56/h3,5-11,16-19,21-24,26-28,32-33,40,45,51-53,59-60H,1,4,12-15,20,25,29-31,34-37H2,2H3. The molecule has 0 bridgehead atoms. The number of oxime groups is 1. The van der Waals surface area contributed by atoms with Crippen LogP contribution in [0.1, 0.15) is 80.0 Å². The number of halogens is 1. The lowest BCUT2D eigenvalue weighted by Gasteiger charge is -2.59. The van der Waals surface area contributed by atoms with Gasteiger partial charge in [0.15, 0.2) is 0 Å². The van der Waals surface area contributed by atoms with Gasteiger partial charge in [-0.15, -0.1) is 6.58 Å². The third-order valence-corrected chi connectivity index (χ3v) is 13.3. The highest BCUT2D eigenvalue weighted by Crippen LogP contribution is 2.62. The number of benzene rings is 5. The Hall–Kier alpha value is -6.01. The van der Waals surface area contributed by atoms with E-state index in [1.807, 2.05) is 72.8 Å². The number of allylic oxidation sites excluding steroid dienone is 1. The Morgan fingerprint density at radius 3 is 2.42 bits per heavy atom. The Morgan fingerprint density at radius 2 is 1.64 bits per heavy atom. The summed E-state index contributed by atoms with van der Waals surface area (Å²) in [7, 11) is 0. The zero-order chi connectivity index (χ0) is 45.9. The van der Waals surface area contributed by atoms with E-state index < -0.39 is 23.8 Å². The van der Waals surface area contributed by atoms with Crippen LogP contribution in [0.25, 0.3) is 10.8 Å². The maximum Gasteiger partial charge on any atom is 0.410 e. The molecule has 1 fully saturated rings. The van der Waals surface area contributed by atoms with E-state index in [1.54, 1.807) is 36.1 Å². The Labute approximate surface area is 387 Å². The van der Waals surface area contributed by atoms with Crippen molar-refractivity contribution < 1.29 is 43.2 Å². The fourth-order valence-electron chi connectivity index (χ4n) is 10.4. The molecule has 3 aliphatic rings. The van der Waals surface area contributed by atoms with Gasteiger partial charge < -0.3 is 34.0 Å². The molecule has 2 aliphatic carbocycles. The first-order valence-corrected chi connectivity index (χ1v) is 23.4. The minimum atomic E-state index is -1.49. The molecule has 10 nitrogen and oxygen atoms in total. The first-order chi connectivity index (χ1) is 32.4. The fraction of sp³-hybridized carbons (Fsp3) is 0.382. The van der Waals surface area contributed by atoms with Crippen LogP contribution in [-0.2, 0) is 34.1 Å². The summed E-state index contributed by atoms with van der Waals surface area (Å²) in [5, 5.41) is 27.1. The van der Waals surface area contributed by atoms with Gasteiger partial charge in [-0.25, -0.2) is 9.18 Å². The second-order valence-corrected chi connectivity index (χ2v) is 17.4. The smallest absolute Gasteiger partial charge is 0.410 e. The van der Waals surface area contributed by atoms with E-state index in [2.05, 4.69) is 30.9 Å². The van der Waals surface area contributed by atoms with Gasteiger partial charge in [-0.2, -0.15) is 0 Å². The Balaban J connectivity index is 1.33. The number of rotatable bonds is 21. The highest BCUT2D eigenvalue weighted by molar-refractivity contribution is 6.03. The molecule has 6 atom stereocenters. The molecule has 5 aromatic carbocycles. The van der Waals surface area contributed by atoms with E-state index in [0.717, 1.165) is 58.7 Å². The number of aliphatic hydroxyl groups excluding tert-OH is 2. The number of nitrogens with zero attached hydrogens (tertiary/aromatic N) is 2. The summed E-state index contributed by atoms with van der Waals surface area (Å²) in [5.74, 6) is -1.48. The molecule has 0 aromatic heterocycles. The van der Waals surface area contributed by atoms with Gasteiger partial charge in [-0.3, -0.25) is 4.90 Å². The van der Waals surface area contributed by atoms with Crippen LogP contribution in [0, 0.1) is 23.6 Å². The van der Waals surface area contributed by atoms with E-state index in [0.29, 0.717) is 35.6 Å². The molecule has 8 rings (SSSR count). The van der Waals surface area contributed by atoms with E-state index in [4.69, 9.17) is 28.9 Å². The largest absolute Gasteiger partial charge is 0.489 e. The highest BCUT2D eigenvalue weighted by atomic mass is 19.1. The third kappa shape index (κ3) is 10.0. The normalized spacial score (nSPS) is 22.4. The SMILES string of the molecule is C=CCOC12Oc3ccc(OCc4ccccc4F)cc3C3C(CCCCO)C(CCCCO)C=C(C(=NOCc4ccccc4)CC1N(Cc1cccc4ccccc14)C(=O)OCC)C32. The average Bonchev–Trinajstić information content (AvgIpc) is 3.34. The monoisotopic (exact) mass is 896 g/mol. The zero-order valence-electron chi connectivity index (χ0n) is 37.7. The van der Waals surface area contributed by atoms with Crippen LogP contribution in [0.4, 0.5) is 9.18 Å². The van der Waals surface area contributed by atoms with Crippen molar-refractivity contribution in [2.24, 2.45) is 22.9 Å². The predicted octanol–water partition coefficient (Wildman–Crippen LogP) is 11.1. The quantitative estimate of drug-likeness (QED) is 0.0425. The average molecular weight is 897 g/mol. The lowest BCUT2D eigenvalue weighted by atomic mass is 9.55. The summed E-state index contributed by atoms with van der Waals surface area (Å²) in [6, 6.07) is 35.6. The molecule has 0 spiro atoms. The summed E-state index contributed by atoms with van der Waals surface area (Å²) in [6.07, 6.45) is 8.14. The molecular formula is C55H61FN2O8. The molecular weight excluding hydrogens is 836 g/mol. The van der Waals surface area contributed by atoms with Crippen molar-refractivity contribution in [1.29, 1.82) is 0 Å². The molecule has 0 saturated heterocycles. The first kappa shape index (κ1) is 46.5. The summed E-state index contributed by atoms with van der Waals surface area (Å²) in [6.45, 7) is 6.73. The molecule has 2 N–H and O–H groups in total. The molecule has 5 aromatic rings. The van der Waals surface area contributed by atoms with Crippen LogP contribution in [-0.4, -0.2) is 65.2 Å². The van der Waals surface area contributed by atoms with Crippen molar-refractivity contribution in [3.63, 3.8) is 0 Å². The lowest BCUT2D eigenvalue weighted by molar-refractivity contribution is -0.256. The number of carbonyl (C=O) groups excluding carboxylic acids is 1. The predicted molar refractivity (Wildman–Crippen MR) is 253 cm³/mol. The van der Waals surface area contributed by atoms with Crippen LogP contribution in [0.3, 0.4) is 0 Å². The van der Waals surface area contributed by atoms with Gasteiger partial charge in [0.1, 0.15) is 36.6 Å². The van der Waals surface area contributed by atoms with Gasteiger partial charge in [-0.05, 0) is 96.2 Å². The van der Waals surface area contributed by atoms with Gasteiger partial charge in [-0.1, -0.05) is 121 Å². The number of carbonyl (C=O) groups is 1. The van der Waals surface area contributed by atoms with Gasteiger partial charge in [0.2, 0.25) is 5.79 Å². The van der Waals surface area contributed by atoms with Crippen LogP contribution in [0.2, 0.25) is 0 Å². The molecule has 346 valence electrons. The van der Waals surface area contributed by atoms with Gasteiger partial charge in [0.25, 0.3) is 0 Å². The van der Waals surface area contributed by atoms with E-state index >= 15 is 0 Å². The van der Waals surface area contributed by atoms with Crippen molar-refractivity contribution in [1.82, 2.24) is 4.90 Å². The minimum Gasteiger partial charge on any atom is -0.489 e. The number of ether oxygens (including phenoxy) is 4. The summed E-state index contributed by atoms with van der Waals surface area (Å²) < 4.78 is 41.7. The van der Waals surface area contributed by atoms with E-state index in [1.165, 1.54) is 6.07 Å². The van der Waals surface area contributed by atoms with Gasteiger partial charge in [0.05, 0.1) is 31.4 Å². The van der Waals surface area contributed by atoms with Crippen molar-refractivity contribution in [3.8, 4) is 11.5 Å². The van der Waals surface area contributed by atoms with Crippen LogP contribution in [0.15, 0.2) is 145 Å². The molecule has 11 heteroatoms. The van der Waals surface area contributed by atoms with Crippen molar-refractivity contribution in [3.05, 3.63) is 168 Å². The molecule has 1 heterocycles. The van der Waals surface area contributed by atoms with Gasteiger partial charge in [0, 0.05) is 36.7 Å².